The number of aryl methyl sites for hydroxylation is 1. The highest BCUT2D eigenvalue weighted by molar-refractivity contribution is 7.91. The van der Waals surface area contributed by atoms with Crippen LogP contribution in [0.2, 0.25) is 0 Å². The van der Waals surface area contributed by atoms with Crippen LogP contribution in [0.15, 0.2) is 42.5 Å². The van der Waals surface area contributed by atoms with Crippen LogP contribution in [0.5, 0.6) is 0 Å². The molecule has 3 N–H and O–H groups in total. The molecule has 1 fully saturated rings. The van der Waals surface area contributed by atoms with Crippen molar-refractivity contribution in [2.24, 2.45) is 0 Å². The van der Waals surface area contributed by atoms with Gasteiger partial charge in [-0.2, -0.15) is 0 Å². The van der Waals surface area contributed by atoms with Gasteiger partial charge in [0.05, 0.1) is 23.7 Å². The van der Waals surface area contributed by atoms with E-state index in [4.69, 9.17) is 0 Å². The summed E-state index contributed by atoms with van der Waals surface area (Å²) >= 11 is 0. The van der Waals surface area contributed by atoms with Gasteiger partial charge >= 0.3 is 0 Å². The zero-order valence-electron chi connectivity index (χ0n) is 21.6. The first kappa shape index (κ1) is 29.2. The number of unbranched alkanes of at least 4 members (excludes halogenated alkanes) is 1. The predicted molar refractivity (Wildman–Crippen MR) is 141 cm³/mol. The van der Waals surface area contributed by atoms with Crippen molar-refractivity contribution in [3.05, 3.63) is 70.8 Å². The molecule has 1 aliphatic carbocycles. The van der Waals surface area contributed by atoms with Crippen LogP contribution in [0.3, 0.4) is 0 Å². The van der Waals surface area contributed by atoms with Crippen LogP contribution in [0.25, 0.3) is 0 Å². The molecule has 2 aromatic rings. The van der Waals surface area contributed by atoms with E-state index >= 15 is 0 Å². The van der Waals surface area contributed by atoms with Crippen LogP contribution in [-0.4, -0.2) is 49.6 Å². The summed E-state index contributed by atoms with van der Waals surface area (Å²) in [6.45, 7) is 4.13. The van der Waals surface area contributed by atoms with E-state index in [1.54, 1.807) is 0 Å². The Balaban J connectivity index is 1.68. The number of benzene rings is 2. The second-order valence-electron chi connectivity index (χ2n) is 10.00. The number of sulfone groups is 1. The van der Waals surface area contributed by atoms with Crippen LogP contribution in [-0.2, 0) is 33.0 Å². The lowest BCUT2D eigenvalue weighted by molar-refractivity contribution is -0.122. The topological polar surface area (TPSA) is 95.5 Å². The molecule has 2 aromatic carbocycles. The first-order chi connectivity index (χ1) is 17.6. The van der Waals surface area contributed by atoms with Crippen molar-refractivity contribution in [2.45, 2.75) is 76.5 Å². The lowest BCUT2D eigenvalue weighted by atomic mass is 9.98. The van der Waals surface area contributed by atoms with Crippen LogP contribution in [0.4, 0.5) is 8.78 Å². The summed E-state index contributed by atoms with van der Waals surface area (Å²) in [6, 6.07) is 10.5. The van der Waals surface area contributed by atoms with E-state index in [1.807, 2.05) is 13.0 Å². The van der Waals surface area contributed by atoms with Crippen LogP contribution in [0, 0.1) is 11.6 Å². The van der Waals surface area contributed by atoms with E-state index in [-0.39, 0.29) is 42.0 Å². The smallest absolute Gasteiger partial charge is 0.221 e. The molecule has 2 atom stereocenters. The van der Waals surface area contributed by atoms with Gasteiger partial charge in [0, 0.05) is 24.6 Å². The second-order valence-corrected chi connectivity index (χ2v) is 12.3. The molecule has 204 valence electrons. The number of hydrogen-bond donors (Lipinski definition) is 3. The van der Waals surface area contributed by atoms with Crippen molar-refractivity contribution in [1.82, 2.24) is 10.6 Å². The molecule has 9 heteroatoms. The minimum Gasteiger partial charge on any atom is -0.390 e. The van der Waals surface area contributed by atoms with E-state index in [9.17, 15) is 27.1 Å². The fourth-order valence-corrected chi connectivity index (χ4v) is 5.91. The fourth-order valence-electron chi connectivity index (χ4n) is 4.48. The summed E-state index contributed by atoms with van der Waals surface area (Å²) in [4.78, 5) is 12.7. The Labute approximate surface area is 218 Å². The maximum Gasteiger partial charge on any atom is 0.221 e. The Morgan fingerprint density at radius 2 is 1.76 bits per heavy atom. The van der Waals surface area contributed by atoms with Gasteiger partial charge in [-0.15, -0.1) is 0 Å². The zero-order valence-corrected chi connectivity index (χ0v) is 22.4. The number of aliphatic hydroxyl groups excluding tert-OH is 1. The lowest BCUT2D eigenvalue weighted by Crippen LogP contribution is -2.50. The maximum absolute atomic E-state index is 13.8. The van der Waals surface area contributed by atoms with Gasteiger partial charge in [0.2, 0.25) is 5.91 Å². The third-order valence-corrected chi connectivity index (χ3v) is 8.66. The Bertz CT molecular complexity index is 1150. The van der Waals surface area contributed by atoms with E-state index in [2.05, 4.69) is 35.8 Å². The van der Waals surface area contributed by atoms with Crippen molar-refractivity contribution in [1.29, 1.82) is 0 Å². The summed E-state index contributed by atoms with van der Waals surface area (Å²) in [5.74, 6) is -2.29. The normalized spacial score (nSPS) is 16.2. The number of aliphatic hydroxyl groups is 1. The number of hydrogen-bond acceptors (Lipinski definition) is 5. The number of halogens is 2. The highest BCUT2D eigenvalue weighted by Gasteiger charge is 2.44. The van der Waals surface area contributed by atoms with Crippen molar-refractivity contribution < 1.29 is 27.1 Å². The summed E-state index contributed by atoms with van der Waals surface area (Å²) in [5, 5.41) is 17.2. The molecule has 0 saturated heterocycles. The highest BCUT2D eigenvalue weighted by atomic mass is 32.2. The van der Waals surface area contributed by atoms with E-state index in [1.165, 1.54) is 5.56 Å². The quantitative estimate of drug-likeness (QED) is 0.322. The molecule has 0 radical (unpaired) electrons. The monoisotopic (exact) mass is 536 g/mol. The van der Waals surface area contributed by atoms with Gasteiger partial charge in [-0.25, -0.2) is 17.2 Å². The molecule has 0 aromatic heterocycles. The standard InChI is InChI=1S/C28H38F2N2O4S/c1-3-5-12-37(35,36)13-9-27(34)32-25(17-21-15-23(29)18-24(30)16-21)26(33)19-31-28(10-11-28)22-8-6-7-20(4-2)14-22/h6-8,14-16,18,25-26,31,33H,3-5,9-13,17,19H2,1-2H3,(H,32,34)/t25-,26+/m0/s1. The highest BCUT2D eigenvalue weighted by Crippen LogP contribution is 2.45. The molecule has 0 heterocycles. The van der Waals surface area contributed by atoms with Crippen molar-refractivity contribution in [3.8, 4) is 0 Å². The largest absolute Gasteiger partial charge is 0.390 e. The summed E-state index contributed by atoms with van der Waals surface area (Å²) in [5.41, 5.74) is 2.40. The number of rotatable bonds is 15. The van der Waals surface area contributed by atoms with Gasteiger partial charge in [0.15, 0.2) is 9.84 Å². The van der Waals surface area contributed by atoms with Crippen molar-refractivity contribution >= 4 is 15.7 Å². The molecular weight excluding hydrogens is 498 g/mol. The van der Waals surface area contributed by atoms with Gasteiger partial charge in [-0.3, -0.25) is 4.79 Å². The SMILES string of the molecule is CCCCS(=O)(=O)CCC(=O)N[C@@H](Cc1cc(F)cc(F)c1)[C@H](O)CNC1(c2cccc(CC)c2)CC1. The average molecular weight is 537 g/mol. The summed E-state index contributed by atoms with van der Waals surface area (Å²) in [6.07, 6.45) is 2.69. The maximum atomic E-state index is 13.8. The van der Waals surface area contributed by atoms with E-state index < -0.39 is 39.5 Å². The number of amides is 1. The fraction of sp³-hybridized carbons (Fsp3) is 0.536. The Hall–Kier alpha value is -2.36. The van der Waals surface area contributed by atoms with Gasteiger partial charge in [-0.05, 0) is 60.9 Å². The van der Waals surface area contributed by atoms with Crippen molar-refractivity contribution in [3.63, 3.8) is 0 Å². The number of carbonyl (C=O) groups is 1. The first-order valence-corrected chi connectivity index (χ1v) is 14.8. The Kier molecular flexibility index (Phi) is 10.2. The zero-order chi connectivity index (χ0) is 27.1. The Morgan fingerprint density at radius 3 is 2.38 bits per heavy atom. The average Bonchev–Trinajstić information content (AvgIpc) is 3.65. The van der Waals surface area contributed by atoms with E-state index in [0.29, 0.717) is 6.42 Å². The number of carbonyl (C=O) groups excluding carboxylic acids is 1. The second kappa shape index (κ2) is 12.9. The molecule has 1 saturated carbocycles. The molecular formula is C28H38F2N2O4S. The number of nitrogens with one attached hydrogen (secondary N) is 2. The minimum absolute atomic E-state index is 0.00975. The summed E-state index contributed by atoms with van der Waals surface area (Å²) in [7, 11) is -3.36. The third-order valence-electron chi connectivity index (χ3n) is 6.93. The third kappa shape index (κ3) is 8.86. The molecule has 37 heavy (non-hydrogen) atoms. The Morgan fingerprint density at radius 1 is 1.05 bits per heavy atom. The molecule has 0 aliphatic heterocycles. The van der Waals surface area contributed by atoms with Crippen molar-refractivity contribution in [2.75, 3.05) is 18.1 Å². The minimum atomic E-state index is -3.36. The van der Waals surface area contributed by atoms with Crippen LogP contribution >= 0.6 is 0 Å². The van der Waals surface area contributed by atoms with Gasteiger partial charge in [0.1, 0.15) is 11.6 Å². The van der Waals surface area contributed by atoms with Gasteiger partial charge in [0.25, 0.3) is 0 Å². The van der Waals surface area contributed by atoms with Gasteiger partial charge in [-0.1, -0.05) is 44.5 Å². The molecule has 0 unspecified atom stereocenters. The predicted octanol–water partition coefficient (Wildman–Crippen LogP) is 3.80. The first-order valence-electron chi connectivity index (χ1n) is 13.0. The molecule has 1 aliphatic rings. The van der Waals surface area contributed by atoms with Crippen LogP contribution < -0.4 is 10.6 Å². The molecule has 3 rings (SSSR count). The molecule has 6 nitrogen and oxygen atoms in total. The molecule has 0 spiro atoms. The molecule has 0 bridgehead atoms. The van der Waals surface area contributed by atoms with E-state index in [0.717, 1.165) is 49.4 Å². The lowest BCUT2D eigenvalue weighted by Gasteiger charge is -2.27. The summed E-state index contributed by atoms with van der Waals surface area (Å²) < 4.78 is 51.9. The van der Waals surface area contributed by atoms with Crippen LogP contribution in [0.1, 0.15) is 62.6 Å². The van der Waals surface area contributed by atoms with Gasteiger partial charge < -0.3 is 15.7 Å². The molecule has 1 amide bonds.